The van der Waals surface area contributed by atoms with Gasteiger partial charge in [0.25, 0.3) is 0 Å². The summed E-state index contributed by atoms with van der Waals surface area (Å²) >= 11 is 3.48. The maximum atomic E-state index is 14.1. The van der Waals surface area contributed by atoms with Crippen molar-refractivity contribution in [2.75, 3.05) is 13.1 Å². The SMILES string of the molecule is Fc1ccc(F)c(C2CCNCC2c2cccc(Br)c2)c1. The van der Waals surface area contributed by atoms with E-state index >= 15 is 0 Å². The average molecular weight is 352 g/mol. The minimum absolute atomic E-state index is 0.00347. The van der Waals surface area contributed by atoms with Crippen LogP contribution in [-0.2, 0) is 0 Å². The van der Waals surface area contributed by atoms with E-state index in [1.54, 1.807) is 0 Å². The molecule has 0 spiro atoms. The highest BCUT2D eigenvalue weighted by Crippen LogP contribution is 2.39. The van der Waals surface area contributed by atoms with Crippen molar-refractivity contribution in [3.8, 4) is 0 Å². The minimum atomic E-state index is -0.377. The Bertz CT molecular complexity index is 644. The molecule has 0 aromatic heterocycles. The zero-order valence-corrected chi connectivity index (χ0v) is 13.0. The quantitative estimate of drug-likeness (QED) is 0.834. The molecule has 1 heterocycles. The number of rotatable bonds is 2. The number of hydrogen-bond acceptors (Lipinski definition) is 1. The van der Waals surface area contributed by atoms with Gasteiger partial charge < -0.3 is 5.32 Å². The van der Waals surface area contributed by atoms with Gasteiger partial charge in [-0.1, -0.05) is 28.1 Å². The monoisotopic (exact) mass is 351 g/mol. The van der Waals surface area contributed by atoms with Crippen LogP contribution in [0.4, 0.5) is 8.78 Å². The highest BCUT2D eigenvalue weighted by molar-refractivity contribution is 9.10. The summed E-state index contributed by atoms with van der Waals surface area (Å²) in [5.74, 6) is -0.551. The lowest BCUT2D eigenvalue weighted by Gasteiger charge is -2.33. The lowest BCUT2D eigenvalue weighted by Crippen LogP contribution is -2.34. The Morgan fingerprint density at radius 3 is 2.71 bits per heavy atom. The maximum Gasteiger partial charge on any atom is 0.126 e. The molecule has 2 aromatic rings. The second-order valence-electron chi connectivity index (χ2n) is 5.43. The molecule has 3 rings (SSSR count). The van der Waals surface area contributed by atoms with Crippen molar-refractivity contribution in [2.24, 2.45) is 0 Å². The summed E-state index contributed by atoms with van der Waals surface area (Å²) in [4.78, 5) is 0. The summed E-state index contributed by atoms with van der Waals surface area (Å²) in [6, 6.07) is 11.8. The van der Waals surface area contributed by atoms with Crippen LogP contribution in [0.5, 0.6) is 0 Å². The second-order valence-corrected chi connectivity index (χ2v) is 6.34. The molecular formula is C17H16BrF2N. The molecule has 1 nitrogen and oxygen atoms in total. The normalized spacial score (nSPS) is 22.2. The Kier molecular flexibility index (Phi) is 4.36. The van der Waals surface area contributed by atoms with E-state index in [0.717, 1.165) is 29.5 Å². The smallest absolute Gasteiger partial charge is 0.126 e. The Hall–Kier alpha value is -1.26. The van der Waals surface area contributed by atoms with Gasteiger partial charge in [-0.15, -0.1) is 0 Å². The van der Waals surface area contributed by atoms with E-state index in [1.807, 2.05) is 18.2 Å². The van der Waals surface area contributed by atoms with Crippen LogP contribution in [0.15, 0.2) is 46.9 Å². The van der Waals surface area contributed by atoms with Crippen LogP contribution in [0, 0.1) is 11.6 Å². The third-order valence-electron chi connectivity index (χ3n) is 4.12. The third kappa shape index (κ3) is 3.16. The van der Waals surface area contributed by atoms with Crippen molar-refractivity contribution >= 4 is 15.9 Å². The standard InChI is InChI=1S/C17H16BrF2N/c18-12-3-1-2-11(8-12)16-10-21-7-6-14(16)15-9-13(19)4-5-17(15)20/h1-5,8-9,14,16,21H,6-7,10H2. The van der Waals surface area contributed by atoms with Gasteiger partial charge in [0.2, 0.25) is 0 Å². The van der Waals surface area contributed by atoms with Gasteiger partial charge in [0.05, 0.1) is 0 Å². The molecule has 0 amide bonds. The highest BCUT2D eigenvalue weighted by atomic mass is 79.9. The van der Waals surface area contributed by atoms with Crippen LogP contribution in [0.1, 0.15) is 29.4 Å². The van der Waals surface area contributed by atoms with E-state index < -0.39 is 0 Å². The lowest BCUT2D eigenvalue weighted by atomic mass is 9.77. The van der Waals surface area contributed by atoms with Gasteiger partial charge in [-0.05, 0) is 60.3 Å². The van der Waals surface area contributed by atoms with E-state index in [0.29, 0.717) is 5.56 Å². The van der Waals surface area contributed by atoms with Crippen LogP contribution in [-0.4, -0.2) is 13.1 Å². The molecule has 110 valence electrons. The topological polar surface area (TPSA) is 12.0 Å². The first-order valence-corrected chi connectivity index (χ1v) is 7.85. The van der Waals surface area contributed by atoms with E-state index in [-0.39, 0.29) is 23.5 Å². The van der Waals surface area contributed by atoms with E-state index in [4.69, 9.17) is 0 Å². The lowest BCUT2D eigenvalue weighted by molar-refractivity contribution is 0.391. The summed E-state index contributed by atoms with van der Waals surface area (Å²) in [7, 11) is 0. The molecule has 0 radical (unpaired) electrons. The Morgan fingerprint density at radius 1 is 1.05 bits per heavy atom. The van der Waals surface area contributed by atoms with Crippen molar-refractivity contribution < 1.29 is 8.78 Å². The summed E-state index contributed by atoms with van der Waals surface area (Å²) in [6.07, 6.45) is 0.803. The second kappa shape index (κ2) is 6.24. The molecule has 1 fully saturated rings. The fourth-order valence-corrected chi connectivity index (χ4v) is 3.53. The van der Waals surface area contributed by atoms with Gasteiger partial charge in [0.15, 0.2) is 0 Å². The number of nitrogens with one attached hydrogen (secondary N) is 1. The Balaban J connectivity index is 2.00. The predicted molar refractivity (Wildman–Crippen MR) is 83.5 cm³/mol. The molecule has 2 aromatic carbocycles. The van der Waals surface area contributed by atoms with E-state index in [1.165, 1.54) is 18.2 Å². The number of benzene rings is 2. The zero-order chi connectivity index (χ0) is 14.8. The largest absolute Gasteiger partial charge is 0.316 e. The van der Waals surface area contributed by atoms with Gasteiger partial charge in [-0.25, -0.2) is 8.78 Å². The summed E-state index contributed by atoms with van der Waals surface area (Å²) in [5, 5.41) is 3.36. The van der Waals surface area contributed by atoms with Crippen molar-refractivity contribution in [2.45, 2.75) is 18.3 Å². The molecule has 1 saturated heterocycles. The van der Waals surface area contributed by atoms with Gasteiger partial charge in [0.1, 0.15) is 11.6 Å². The molecule has 21 heavy (non-hydrogen) atoms. The first-order valence-electron chi connectivity index (χ1n) is 7.06. The first kappa shape index (κ1) is 14.7. The van der Waals surface area contributed by atoms with Crippen molar-refractivity contribution in [1.82, 2.24) is 5.32 Å². The van der Waals surface area contributed by atoms with Crippen molar-refractivity contribution in [1.29, 1.82) is 0 Å². The maximum absolute atomic E-state index is 14.1. The molecule has 0 saturated carbocycles. The van der Waals surface area contributed by atoms with Crippen molar-refractivity contribution in [3.05, 3.63) is 69.7 Å². The van der Waals surface area contributed by atoms with Crippen LogP contribution in [0.2, 0.25) is 0 Å². The zero-order valence-electron chi connectivity index (χ0n) is 11.5. The number of halogens is 3. The molecule has 0 bridgehead atoms. The molecule has 2 atom stereocenters. The Morgan fingerprint density at radius 2 is 1.90 bits per heavy atom. The molecular weight excluding hydrogens is 336 g/mol. The average Bonchev–Trinajstić information content (AvgIpc) is 2.50. The molecule has 1 aliphatic rings. The van der Waals surface area contributed by atoms with Crippen LogP contribution < -0.4 is 5.32 Å². The van der Waals surface area contributed by atoms with Crippen LogP contribution in [0.3, 0.4) is 0 Å². The fraction of sp³-hybridized carbons (Fsp3) is 0.294. The summed E-state index contributed by atoms with van der Waals surface area (Å²) in [6.45, 7) is 1.60. The number of piperidine rings is 1. The van der Waals surface area contributed by atoms with Gasteiger partial charge >= 0.3 is 0 Å². The summed E-state index contributed by atoms with van der Waals surface area (Å²) < 4.78 is 28.6. The van der Waals surface area contributed by atoms with E-state index in [2.05, 4.69) is 27.3 Å². The number of hydrogen-bond donors (Lipinski definition) is 1. The predicted octanol–water partition coefficient (Wildman–Crippen LogP) is 4.59. The highest BCUT2D eigenvalue weighted by Gasteiger charge is 2.30. The summed E-state index contributed by atoms with van der Waals surface area (Å²) in [5.41, 5.74) is 1.63. The van der Waals surface area contributed by atoms with Crippen LogP contribution in [0.25, 0.3) is 0 Å². The first-order chi connectivity index (χ1) is 10.1. The van der Waals surface area contributed by atoms with Gasteiger partial charge in [0, 0.05) is 16.9 Å². The van der Waals surface area contributed by atoms with Crippen molar-refractivity contribution in [3.63, 3.8) is 0 Å². The van der Waals surface area contributed by atoms with Gasteiger partial charge in [-0.2, -0.15) is 0 Å². The molecule has 1 aliphatic heterocycles. The van der Waals surface area contributed by atoms with Gasteiger partial charge in [-0.3, -0.25) is 0 Å². The third-order valence-corrected chi connectivity index (χ3v) is 4.61. The molecule has 2 unspecified atom stereocenters. The molecule has 1 N–H and O–H groups in total. The fourth-order valence-electron chi connectivity index (χ4n) is 3.12. The minimum Gasteiger partial charge on any atom is -0.316 e. The van der Waals surface area contributed by atoms with Crippen LogP contribution >= 0.6 is 15.9 Å². The Labute approximate surface area is 131 Å². The molecule has 0 aliphatic carbocycles. The molecule has 4 heteroatoms. The van der Waals surface area contributed by atoms with E-state index in [9.17, 15) is 8.78 Å².